The maximum Gasteiger partial charge on any atom is 0.419 e. The number of hydrogen-bond donors (Lipinski definition) is 1. The summed E-state index contributed by atoms with van der Waals surface area (Å²) in [4.78, 5) is 69.8. The third kappa shape index (κ3) is 7.16. The van der Waals surface area contributed by atoms with Crippen molar-refractivity contribution in [3.63, 3.8) is 0 Å². The molecule has 2 aromatic heterocycles. The molecule has 61 heavy (non-hydrogen) atoms. The Morgan fingerprint density at radius 1 is 0.902 bits per heavy atom. The van der Waals surface area contributed by atoms with Crippen LogP contribution < -0.4 is 24.8 Å². The van der Waals surface area contributed by atoms with Crippen molar-refractivity contribution in [2.75, 3.05) is 47.4 Å². The average Bonchev–Trinajstić information content (AvgIpc) is 3.62. The van der Waals surface area contributed by atoms with Gasteiger partial charge in [-0.1, -0.05) is 6.58 Å². The van der Waals surface area contributed by atoms with Gasteiger partial charge in [-0.25, -0.2) is 9.97 Å². The quantitative estimate of drug-likeness (QED) is 0.222. The van der Waals surface area contributed by atoms with Gasteiger partial charge in [-0.3, -0.25) is 29.0 Å². The van der Waals surface area contributed by atoms with Crippen molar-refractivity contribution in [1.82, 2.24) is 25.1 Å². The zero-order chi connectivity index (χ0) is 42.8. The number of fused-ring (bicyclic) bond motifs is 1. The number of benzene rings is 1. The Bertz CT molecular complexity index is 2380. The van der Waals surface area contributed by atoms with Crippen LogP contribution in [0.5, 0.6) is 5.88 Å². The van der Waals surface area contributed by atoms with E-state index in [2.05, 4.69) is 31.7 Å². The highest BCUT2D eigenvalue weighted by Crippen LogP contribution is 2.48. The van der Waals surface area contributed by atoms with Gasteiger partial charge in [0, 0.05) is 50.2 Å². The van der Waals surface area contributed by atoms with Crippen molar-refractivity contribution >= 4 is 58.0 Å². The molecule has 1 aromatic carbocycles. The molecule has 14 nitrogen and oxygen atoms in total. The number of nitrogens with one attached hydrogen (secondary N) is 1. The average molecular weight is 854 g/mol. The van der Waals surface area contributed by atoms with Crippen LogP contribution in [0.3, 0.4) is 0 Å². The second-order valence-electron chi connectivity index (χ2n) is 16.6. The van der Waals surface area contributed by atoms with Crippen LogP contribution in [0.15, 0.2) is 61.1 Å². The fourth-order valence-corrected chi connectivity index (χ4v) is 9.99. The van der Waals surface area contributed by atoms with Gasteiger partial charge < -0.3 is 24.8 Å². The summed E-state index contributed by atoms with van der Waals surface area (Å²) in [5.74, 6) is -0.757. The number of nitriles is 1. The summed E-state index contributed by atoms with van der Waals surface area (Å²) >= 11 is 5.72. The van der Waals surface area contributed by atoms with Crippen molar-refractivity contribution < 1.29 is 37.1 Å². The summed E-state index contributed by atoms with van der Waals surface area (Å²) < 4.78 is 47.6. The SMILES string of the molecule is C=C1CCC(N2C(=O)c3ccc(N4CCC(CN5CCC(Oc6ccc(N7C(=S)N(c8cnc(C#N)c(C(F)(F)F)c8)C(=O)C78CCC8)cn6)CC5)CC4)cc3C2=O)C(=O)N1. The molecule has 5 fully saturated rings. The first-order valence-electron chi connectivity index (χ1n) is 20.5. The van der Waals surface area contributed by atoms with E-state index in [9.17, 15) is 37.6 Å². The van der Waals surface area contributed by atoms with Gasteiger partial charge in [0.2, 0.25) is 11.8 Å². The van der Waals surface area contributed by atoms with E-state index in [1.165, 1.54) is 6.07 Å². The van der Waals surface area contributed by atoms with Gasteiger partial charge in [-0.15, -0.1) is 0 Å². The highest BCUT2D eigenvalue weighted by molar-refractivity contribution is 7.81. The molecule has 1 spiro atoms. The lowest BCUT2D eigenvalue weighted by Crippen LogP contribution is -2.55. The molecule has 1 unspecified atom stereocenters. The first-order chi connectivity index (χ1) is 29.3. The van der Waals surface area contributed by atoms with E-state index in [0.717, 1.165) is 92.6 Å². The van der Waals surface area contributed by atoms with Crippen LogP contribution in [-0.4, -0.2) is 98.9 Å². The number of ether oxygens (including phenoxy) is 1. The van der Waals surface area contributed by atoms with Crippen LogP contribution in [0, 0.1) is 17.2 Å². The molecular formula is C43H42F3N9O5S. The molecule has 0 radical (unpaired) electrons. The molecule has 3 aromatic rings. The minimum Gasteiger partial charge on any atom is -0.474 e. The predicted octanol–water partition coefficient (Wildman–Crippen LogP) is 5.58. The van der Waals surface area contributed by atoms with Crippen molar-refractivity contribution in [1.29, 1.82) is 5.26 Å². The Hall–Kier alpha value is -5.93. The van der Waals surface area contributed by atoms with Crippen molar-refractivity contribution in [2.24, 2.45) is 5.92 Å². The third-order valence-corrected chi connectivity index (χ3v) is 13.3. The van der Waals surface area contributed by atoms with Gasteiger partial charge in [-0.05, 0) is 106 Å². The lowest BCUT2D eigenvalue weighted by atomic mass is 9.75. The van der Waals surface area contributed by atoms with Crippen molar-refractivity contribution in [3.05, 3.63) is 83.5 Å². The van der Waals surface area contributed by atoms with E-state index < -0.39 is 46.7 Å². The fourth-order valence-electron chi connectivity index (χ4n) is 9.52. The molecule has 4 saturated heterocycles. The second kappa shape index (κ2) is 15.5. The largest absolute Gasteiger partial charge is 0.474 e. The van der Waals surface area contributed by atoms with E-state index in [-0.39, 0.29) is 22.8 Å². The second-order valence-corrected chi connectivity index (χ2v) is 17.0. The maximum atomic E-state index is 13.8. The number of likely N-dealkylation sites (tertiary alicyclic amines) is 1. The minimum atomic E-state index is -4.85. The summed E-state index contributed by atoms with van der Waals surface area (Å²) in [7, 11) is 0. The molecule has 6 aliphatic rings. The van der Waals surface area contributed by atoms with Gasteiger partial charge in [0.05, 0.1) is 40.5 Å². The van der Waals surface area contributed by atoms with Gasteiger partial charge in [0.1, 0.15) is 23.8 Å². The van der Waals surface area contributed by atoms with Crippen LogP contribution >= 0.6 is 12.2 Å². The molecule has 316 valence electrons. The molecule has 7 heterocycles. The zero-order valence-corrected chi connectivity index (χ0v) is 33.9. The number of nitrogens with zero attached hydrogens (tertiary/aromatic N) is 8. The van der Waals surface area contributed by atoms with Crippen LogP contribution in [0.25, 0.3) is 0 Å². The Labute approximate surface area is 354 Å². The Balaban J connectivity index is 0.766. The van der Waals surface area contributed by atoms with E-state index in [0.29, 0.717) is 60.0 Å². The number of alkyl halides is 3. The molecule has 1 saturated carbocycles. The van der Waals surface area contributed by atoms with E-state index in [4.69, 9.17) is 17.0 Å². The molecule has 18 heteroatoms. The third-order valence-electron chi connectivity index (χ3n) is 13.0. The maximum absolute atomic E-state index is 13.8. The first kappa shape index (κ1) is 40.5. The molecule has 1 aliphatic carbocycles. The normalized spacial score (nSPS) is 22.5. The standard InChI is InChI=1S/C43H42F3N9O5S/c1-25-3-7-35(37(56)50-25)54-38(57)31-6-4-27(19-32(31)39(54)58)52-17-9-26(10-18-52)24-51-15-11-30(12-16-51)60-36-8-5-28(22-49-36)55-41(61)53(40(59)42(55)13-2-14-42)29-20-33(43(44,45)46)34(21-47)48-23-29/h4-6,8,19-20,22-23,26,30,35H,1-3,7,9-18,24H2,(H,50,56). The lowest BCUT2D eigenvalue weighted by molar-refractivity contribution is -0.138. The fraction of sp³-hybridized carbons (Fsp3) is 0.442. The van der Waals surface area contributed by atoms with E-state index in [1.807, 2.05) is 6.07 Å². The Morgan fingerprint density at radius 2 is 1.61 bits per heavy atom. The number of pyridine rings is 2. The summed E-state index contributed by atoms with van der Waals surface area (Å²) in [6.45, 7) is 8.15. The monoisotopic (exact) mass is 853 g/mol. The first-order valence-corrected chi connectivity index (χ1v) is 20.9. The zero-order valence-electron chi connectivity index (χ0n) is 33.1. The number of anilines is 3. The topological polar surface area (TPSA) is 155 Å². The number of thiocarbonyl (C=S) groups is 1. The number of piperidine rings is 3. The van der Waals surface area contributed by atoms with Crippen LogP contribution in [0.1, 0.15) is 89.8 Å². The summed E-state index contributed by atoms with van der Waals surface area (Å²) in [6.07, 6.45) is 3.91. The lowest BCUT2D eigenvalue weighted by Gasteiger charge is -2.42. The summed E-state index contributed by atoms with van der Waals surface area (Å²) in [5, 5.41) is 11.9. The molecular weight excluding hydrogens is 812 g/mol. The molecule has 0 bridgehead atoms. The Morgan fingerprint density at radius 3 is 2.25 bits per heavy atom. The summed E-state index contributed by atoms with van der Waals surface area (Å²) in [5.41, 5.74) is -0.542. The van der Waals surface area contributed by atoms with E-state index in [1.54, 1.807) is 35.4 Å². The van der Waals surface area contributed by atoms with Crippen LogP contribution in [0.4, 0.5) is 30.2 Å². The number of allylic oxidation sites excluding steroid dienone is 1. The number of aromatic nitrogens is 2. The molecule has 1 N–H and O–H groups in total. The summed E-state index contributed by atoms with van der Waals surface area (Å²) in [6, 6.07) is 10.2. The number of halogens is 3. The number of rotatable bonds is 8. The smallest absolute Gasteiger partial charge is 0.419 e. The number of amides is 4. The number of carbonyl (C=O) groups is 4. The van der Waals surface area contributed by atoms with Crippen LogP contribution in [0.2, 0.25) is 0 Å². The number of hydrogen-bond acceptors (Lipinski definition) is 11. The molecule has 4 amide bonds. The van der Waals surface area contributed by atoms with E-state index >= 15 is 0 Å². The van der Waals surface area contributed by atoms with Gasteiger partial charge in [0.15, 0.2) is 10.8 Å². The Kier molecular flexibility index (Phi) is 10.3. The van der Waals surface area contributed by atoms with Gasteiger partial charge in [0.25, 0.3) is 17.7 Å². The molecule has 5 aliphatic heterocycles. The van der Waals surface area contributed by atoms with Gasteiger partial charge >= 0.3 is 6.18 Å². The molecule has 1 atom stereocenters. The molecule has 9 rings (SSSR count). The predicted molar refractivity (Wildman–Crippen MR) is 220 cm³/mol. The number of carbonyl (C=O) groups excluding carboxylic acids is 4. The minimum absolute atomic E-state index is 0.0155. The van der Waals surface area contributed by atoms with Crippen molar-refractivity contribution in [3.8, 4) is 11.9 Å². The van der Waals surface area contributed by atoms with Crippen LogP contribution in [-0.2, 0) is 15.8 Å². The van der Waals surface area contributed by atoms with Gasteiger partial charge in [-0.2, -0.15) is 18.4 Å². The highest BCUT2D eigenvalue weighted by atomic mass is 32.1. The van der Waals surface area contributed by atoms with Crippen molar-refractivity contribution in [2.45, 2.75) is 81.6 Å². The highest BCUT2D eigenvalue weighted by Gasteiger charge is 2.60. The number of imide groups is 1.